The number of carboxylic acids is 1. The standard InChI is InChI=1S/C14H12FNO3/c1-9-4-2-5-10(16-9)8-19-13-11(14(17)18)6-3-7-12(13)15/h2-7H,8H2,1H3,(H,17,18). The topological polar surface area (TPSA) is 59.4 Å². The van der Waals surface area contributed by atoms with E-state index in [2.05, 4.69) is 4.98 Å². The highest BCUT2D eigenvalue weighted by Gasteiger charge is 2.15. The summed E-state index contributed by atoms with van der Waals surface area (Å²) in [4.78, 5) is 15.2. The van der Waals surface area contributed by atoms with Gasteiger partial charge in [0.05, 0.1) is 5.69 Å². The van der Waals surface area contributed by atoms with Gasteiger partial charge >= 0.3 is 5.97 Å². The molecule has 1 N–H and O–H groups in total. The molecular weight excluding hydrogens is 249 g/mol. The van der Waals surface area contributed by atoms with Crippen molar-refractivity contribution in [2.45, 2.75) is 13.5 Å². The van der Waals surface area contributed by atoms with Gasteiger partial charge in [0.15, 0.2) is 11.6 Å². The number of para-hydroxylation sites is 1. The summed E-state index contributed by atoms with van der Waals surface area (Å²) in [7, 11) is 0. The van der Waals surface area contributed by atoms with Gasteiger partial charge in [-0.1, -0.05) is 12.1 Å². The summed E-state index contributed by atoms with van der Waals surface area (Å²) in [5.74, 6) is -2.20. The monoisotopic (exact) mass is 261 g/mol. The SMILES string of the molecule is Cc1cccc(COc2c(F)cccc2C(=O)O)n1. The Labute approximate surface area is 109 Å². The highest BCUT2D eigenvalue weighted by atomic mass is 19.1. The normalized spacial score (nSPS) is 10.2. The second-order valence-corrected chi connectivity index (χ2v) is 3.98. The maximum absolute atomic E-state index is 13.6. The zero-order chi connectivity index (χ0) is 13.8. The van der Waals surface area contributed by atoms with Gasteiger partial charge in [-0.2, -0.15) is 0 Å². The lowest BCUT2D eigenvalue weighted by Crippen LogP contribution is -2.06. The van der Waals surface area contributed by atoms with E-state index in [4.69, 9.17) is 9.84 Å². The van der Waals surface area contributed by atoms with Crippen LogP contribution in [0.5, 0.6) is 5.75 Å². The van der Waals surface area contributed by atoms with Crippen LogP contribution in [0.1, 0.15) is 21.7 Å². The molecule has 0 aliphatic rings. The predicted octanol–water partition coefficient (Wildman–Crippen LogP) is 2.81. The molecule has 0 unspecified atom stereocenters. The number of carbonyl (C=O) groups is 1. The summed E-state index contributed by atoms with van der Waals surface area (Å²) in [6.45, 7) is 1.85. The zero-order valence-electron chi connectivity index (χ0n) is 10.3. The molecule has 1 heterocycles. The Morgan fingerprint density at radius 2 is 2.05 bits per heavy atom. The van der Waals surface area contributed by atoms with Crippen molar-refractivity contribution < 1.29 is 19.0 Å². The first-order chi connectivity index (χ1) is 9.08. The number of rotatable bonds is 4. The molecule has 5 heteroatoms. The van der Waals surface area contributed by atoms with Crippen LogP contribution in [0.3, 0.4) is 0 Å². The lowest BCUT2D eigenvalue weighted by Gasteiger charge is -2.09. The van der Waals surface area contributed by atoms with Gasteiger partial charge in [-0.15, -0.1) is 0 Å². The van der Waals surface area contributed by atoms with Gasteiger partial charge in [-0.25, -0.2) is 9.18 Å². The Morgan fingerprint density at radius 1 is 1.32 bits per heavy atom. The average Bonchev–Trinajstić information content (AvgIpc) is 2.37. The van der Waals surface area contributed by atoms with Crippen molar-refractivity contribution in [3.63, 3.8) is 0 Å². The van der Waals surface area contributed by atoms with Crippen molar-refractivity contribution in [1.29, 1.82) is 0 Å². The summed E-state index contributed by atoms with van der Waals surface area (Å²) in [6.07, 6.45) is 0. The Balaban J connectivity index is 2.22. The molecular formula is C14H12FNO3. The molecule has 4 nitrogen and oxygen atoms in total. The molecule has 0 amide bonds. The van der Waals surface area contributed by atoms with Crippen molar-refractivity contribution in [1.82, 2.24) is 4.98 Å². The summed E-state index contributed by atoms with van der Waals surface area (Å²) >= 11 is 0. The van der Waals surface area contributed by atoms with Crippen LogP contribution >= 0.6 is 0 Å². The first-order valence-electron chi connectivity index (χ1n) is 5.65. The average molecular weight is 261 g/mol. The van der Waals surface area contributed by atoms with Crippen molar-refractivity contribution in [3.8, 4) is 5.75 Å². The largest absolute Gasteiger partial charge is 0.483 e. The maximum Gasteiger partial charge on any atom is 0.339 e. The van der Waals surface area contributed by atoms with Crippen molar-refractivity contribution in [2.24, 2.45) is 0 Å². The van der Waals surface area contributed by atoms with Gasteiger partial charge in [0, 0.05) is 5.69 Å². The number of aryl methyl sites for hydroxylation is 1. The highest BCUT2D eigenvalue weighted by molar-refractivity contribution is 5.90. The molecule has 2 rings (SSSR count). The van der Waals surface area contributed by atoms with Crippen LogP contribution in [-0.2, 0) is 6.61 Å². The number of ether oxygens (including phenoxy) is 1. The summed E-state index contributed by atoms with van der Waals surface area (Å²) < 4.78 is 18.8. The maximum atomic E-state index is 13.6. The lowest BCUT2D eigenvalue weighted by molar-refractivity contribution is 0.0690. The zero-order valence-corrected chi connectivity index (χ0v) is 10.3. The molecule has 0 aliphatic carbocycles. The van der Waals surface area contributed by atoms with Gasteiger partial charge < -0.3 is 9.84 Å². The third kappa shape index (κ3) is 3.07. The number of halogens is 1. The minimum Gasteiger partial charge on any atom is -0.483 e. The predicted molar refractivity (Wildman–Crippen MR) is 66.7 cm³/mol. The number of hydrogen-bond acceptors (Lipinski definition) is 3. The number of benzene rings is 1. The molecule has 0 atom stereocenters. The van der Waals surface area contributed by atoms with E-state index >= 15 is 0 Å². The van der Waals surface area contributed by atoms with E-state index < -0.39 is 11.8 Å². The smallest absolute Gasteiger partial charge is 0.339 e. The molecule has 0 radical (unpaired) electrons. The number of nitrogens with zero attached hydrogens (tertiary/aromatic N) is 1. The Hall–Kier alpha value is -2.43. The van der Waals surface area contributed by atoms with Gasteiger partial charge in [0.25, 0.3) is 0 Å². The summed E-state index contributed by atoms with van der Waals surface area (Å²) in [5, 5.41) is 8.97. The fourth-order valence-electron chi connectivity index (χ4n) is 1.65. The van der Waals surface area contributed by atoms with Crippen LogP contribution in [0.15, 0.2) is 36.4 Å². The number of aromatic nitrogens is 1. The molecule has 0 bridgehead atoms. The van der Waals surface area contributed by atoms with Gasteiger partial charge in [0.1, 0.15) is 12.2 Å². The van der Waals surface area contributed by atoms with Gasteiger partial charge in [-0.05, 0) is 31.2 Å². The summed E-state index contributed by atoms with van der Waals surface area (Å²) in [6, 6.07) is 9.15. The first kappa shape index (κ1) is 13.0. The highest BCUT2D eigenvalue weighted by Crippen LogP contribution is 2.23. The van der Waals surface area contributed by atoms with Crippen LogP contribution in [0.25, 0.3) is 0 Å². The molecule has 1 aromatic heterocycles. The van der Waals surface area contributed by atoms with Crippen LogP contribution < -0.4 is 4.74 Å². The van der Waals surface area contributed by atoms with Gasteiger partial charge in [0.2, 0.25) is 0 Å². The van der Waals surface area contributed by atoms with E-state index in [0.717, 1.165) is 11.8 Å². The molecule has 0 fully saturated rings. The molecule has 1 aromatic carbocycles. The number of pyridine rings is 1. The van der Waals surface area contributed by atoms with Crippen molar-refractivity contribution >= 4 is 5.97 Å². The third-order valence-electron chi connectivity index (χ3n) is 2.51. The molecule has 19 heavy (non-hydrogen) atoms. The molecule has 0 aliphatic heterocycles. The molecule has 98 valence electrons. The second-order valence-electron chi connectivity index (χ2n) is 3.98. The lowest BCUT2D eigenvalue weighted by atomic mass is 10.2. The van der Waals surface area contributed by atoms with E-state index in [1.807, 2.05) is 13.0 Å². The molecule has 0 saturated heterocycles. The fourth-order valence-corrected chi connectivity index (χ4v) is 1.65. The quantitative estimate of drug-likeness (QED) is 0.919. The van der Waals surface area contributed by atoms with E-state index in [1.165, 1.54) is 12.1 Å². The number of aromatic carboxylic acids is 1. The second kappa shape index (κ2) is 5.48. The van der Waals surface area contributed by atoms with Crippen LogP contribution in [0.4, 0.5) is 4.39 Å². The minimum absolute atomic E-state index is 0.0168. The Kier molecular flexibility index (Phi) is 3.75. The van der Waals surface area contributed by atoms with Crippen LogP contribution in [0.2, 0.25) is 0 Å². The fraction of sp³-hybridized carbons (Fsp3) is 0.143. The number of carboxylic acid groups (broad SMARTS) is 1. The molecule has 0 saturated carbocycles. The first-order valence-corrected chi connectivity index (χ1v) is 5.65. The number of hydrogen-bond donors (Lipinski definition) is 1. The van der Waals surface area contributed by atoms with Crippen LogP contribution in [0, 0.1) is 12.7 Å². The Morgan fingerprint density at radius 3 is 2.74 bits per heavy atom. The minimum atomic E-state index is -1.23. The van der Waals surface area contributed by atoms with Gasteiger partial charge in [-0.3, -0.25) is 4.98 Å². The molecule has 0 spiro atoms. The van der Waals surface area contributed by atoms with Crippen LogP contribution in [-0.4, -0.2) is 16.1 Å². The van der Waals surface area contributed by atoms with E-state index in [0.29, 0.717) is 5.69 Å². The third-order valence-corrected chi connectivity index (χ3v) is 2.51. The van der Waals surface area contributed by atoms with Crippen molar-refractivity contribution in [2.75, 3.05) is 0 Å². The summed E-state index contributed by atoms with van der Waals surface area (Å²) in [5.41, 5.74) is 1.22. The van der Waals surface area contributed by atoms with E-state index in [1.54, 1.807) is 12.1 Å². The van der Waals surface area contributed by atoms with E-state index in [9.17, 15) is 9.18 Å². The Bertz CT molecular complexity index is 613. The molecule has 2 aromatic rings. The van der Waals surface area contributed by atoms with Crippen molar-refractivity contribution in [3.05, 3.63) is 59.2 Å². The van der Waals surface area contributed by atoms with E-state index in [-0.39, 0.29) is 17.9 Å².